The lowest BCUT2D eigenvalue weighted by Gasteiger charge is -2.12. The first-order valence-electron chi connectivity index (χ1n) is 7.96. The number of hydrogen-bond donors (Lipinski definition) is 2. The number of rotatable bonds is 7. The van der Waals surface area contributed by atoms with Gasteiger partial charge in [-0.25, -0.2) is 0 Å². The molecule has 24 heavy (non-hydrogen) atoms. The number of hydrogen-bond acceptors (Lipinski definition) is 2. The van der Waals surface area contributed by atoms with Crippen molar-refractivity contribution < 1.29 is 4.74 Å². The standard InChI is InChI=1S/C19H25N3O.HI/c1-3-23-15-18-11-9-17(10-12-18)14-22-19(20-2)21-13-16-7-5-4-6-8-16;/h4-12H,3,13-15H2,1-2H3,(H2,20,21,22);1H. The molecule has 130 valence electrons. The van der Waals surface area contributed by atoms with Gasteiger partial charge in [0.25, 0.3) is 0 Å². The lowest BCUT2D eigenvalue weighted by Crippen LogP contribution is -2.36. The number of nitrogens with one attached hydrogen (secondary N) is 2. The number of nitrogens with zero attached hydrogens (tertiary/aromatic N) is 1. The normalized spacial score (nSPS) is 10.8. The molecule has 2 N–H and O–H groups in total. The number of guanidine groups is 1. The van der Waals surface area contributed by atoms with E-state index in [4.69, 9.17) is 4.74 Å². The predicted molar refractivity (Wildman–Crippen MR) is 111 cm³/mol. The maximum atomic E-state index is 5.40. The Morgan fingerprint density at radius 3 is 1.96 bits per heavy atom. The van der Waals surface area contributed by atoms with Crippen molar-refractivity contribution in [3.05, 3.63) is 71.3 Å². The lowest BCUT2D eigenvalue weighted by atomic mass is 10.1. The van der Waals surface area contributed by atoms with Gasteiger partial charge in [-0.15, -0.1) is 24.0 Å². The highest BCUT2D eigenvalue weighted by atomic mass is 127. The highest BCUT2D eigenvalue weighted by Crippen LogP contribution is 2.05. The first kappa shape index (κ1) is 20.4. The molecule has 0 saturated heterocycles. The van der Waals surface area contributed by atoms with Crippen LogP contribution in [0.2, 0.25) is 0 Å². The second kappa shape index (κ2) is 11.9. The largest absolute Gasteiger partial charge is 0.377 e. The molecular weight excluding hydrogens is 413 g/mol. The van der Waals surface area contributed by atoms with E-state index in [-0.39, 0.29) is 24.0 Å². The van der Waals surface area contributed by atoms with E-state index in [0.717, 1.165) is 25.7 Å². The molecule has 2 rings (SSSR count). The molecule has 0 unspecified atom stereocenters. The topological polar surface area (TPSA) is 45.6 Å². The summed E-state index contributed by atoms with van der Waals surface area (Å²) in [6.07, 6.45) is 0. The molecule has 0 heterocycles. The molecule has 4 nitrogen and oxygen atoms in total. The average Bonchev–Trinajstić information content (AvgIpc) is 2.62. The fraction of sp³-hybridized carbons (Fsp3) is 0.316. The van der Waals surface area contributed by atoms with Crippen molar-refractivity contribution in [3.63, 3.8) is 0 Å². The Balaban J connectivity index is 0.00000288. The van der Waals surface area contributed by atoms with Crippen molar-refractivity contribution in [2.45, 2.75) is 26.6 Å². The van der Waals surface area contributed by atoms with Crippen LogP contribution in [0.15, 0.2) is 59.6 Å². The smallest absolute Gasteiger partial charge is 0.191 e. The van der Waals surface area contributed by atoms with Crippen LogP contribution in [0.4, 0.5) is 0 Å². The Morgan fingerprint density at radius 1 is 0.875 bits per heavy atom. The summed E-state index contributed by atoms with van der Waals surface area (Å²) in [5, 5.41) is 6.64. The van der Waals surface area contributed by atoms with E-state index in [1.54, 1.807) is 7.05 Å². The molecule has 0 amide bonds. The minimum absolute atomic E-state index is 0. The van der Waals surface area contributed by atoms with E-state index >= 15 is 0 Å². The Kier molecular flexibility index (Phi) is 10.1. The third-order valence-electron chi connectivity index (χ3n) is 3.48. The van der Waals surface area contributed by atoms with Crippen LogP contribution in [-0.2, 0) is 24.4 Å². The van der Waals surface area contributed by atoms with Crippen molar-refractivity contribution in [1.29, 1.82) is 0 Å². The molecule has 0 radical (unpaired) electrons. The van der Waals surface area contributed by atoms with Gasteiger partial charge in [0.2, 0.25) is 0 Å². The Labute approximate surface area is 161 Å². The van der Waals surface area contributed by atoms with Crippen LogP contribution < -0.4 is 10.6 Å². The zero-order chi connectivity index (χ0) is 16.3. The van der Waals surface area contributed by atoms with Gasteiger partial charge in [0, 0.05) is 26.7 Å². The molecule has 5 heteroatoms. The van der Waals surface area contributed by atoms with Gasteiger partial charge in [-0.2, -0.15) is 0 Å². The highest BCUT2D eigenvalue weighted by Gasteiger charge is 1.99. The summed E-state index contributed by atoms with van der Waals surface area (Å²) < 4.78 is 5.40. The number of ether oxygens (including phenoxy) is 1. The van der Waals surface area contributed by atoms with E-state index in [1.165, 1.54) is 16.7 Å². The second-order valence-corrected chi connectivity index (χ2v) is 5.22. The summed E-state index contributed by atoms with van der Waals surface area (Å²) >= 11 is 0. The highest BCUT2D eigenvalue weighted by molar-refractivity contribution is 14.0. The second-order valence-electron chi connectivity index (χ2n) is 5.22. The number of benzene rings is 2. The minimum Gasteiger partial charge on any atom is -0.377 e. The molecule has 0 aliphatic heterocycles. The summed E-state index contributed by atoms with van der Waals surface area (Å²) in [5.41, 5.74) is 3.64. The molecule has 2 aromatic carbocycles. The van der Waals surface area contributed by atoms with Gasteiger partial charge in [-0.05, 0) is 23.6 Å². The summed E-state index contributed by atoms with van der Waals surface area (Å²) in [7, 11) is 1.78. The first-order valence-corrected chi connectivity index (χ1v) is 7.96. The van der Waals surface area contributed by atoms with Crippen molar-refractivity contribution in [2.75, 3.05) is 13.7 Å². The van der Waals surface area contributed by atoms with Gasteiger partial charge < -0.3 is 15.4 Å². The van der Waals surface area contributed by atoms with E-state index in [9.17, 15) is 0 Å². The van der Waals surface area contributed by atoms with Crippen molar-refractivity contribution in [2.24, 2.45) is 4.99 Å². The van der Waals surface area contributed by atoms with E-state index in [2.05, 4.69) is 52.0 Å². The Hall–Kier alpha value is -1.60. The van der Waals surface area contributed by atoms with Crippen molar-refractivity contribution >= 4 is 29.9 Å². The molecule has 0 bridgehead atoms. The van der Waals surface area contributed by atoms with Crippen LogP contribution in [0.3, 0.4) is 0 Å². The van der Waals surface area contributed by atoms with Crippen LogP contribution >= 0.6 is 24.0 Å². The SMILES string of the molecule is CCOCc1ccc(CNC(=NC)NCc2ccccc2)cc1.I. The quantitative estimate of drug-likeness (QED) is 0.393. The van der Waals surface area contributed by atoms with Crippen LogP contribution in [0, 0.1) is 0 Å². The van der Waals surface area contributed by atoms with Gasteiger partial charge in [-0.3, -0.25) is 4.99 Å². The van der Waals surface area contributed by atoms with E-state index in [1.807, 2.05) is 25.1 Å². The molecule has 0 aliphatic carbocycles. The average molecular weight is 439 g/mol. The molecule has 0 saturated carbocycles. The molecule has 0 spiro atoms. The van der Waals surface area contributed by atoms with Gasteiger partial charge in [-0.1, -0.05) is 54.6 Å². The van der Waals surface area contributed by atoms with Crippen molar-refractivity contribution in [1.82, 2.24) is 10.6 Å². The van der Waals surface area contributed by atoms with Crippen LogP contribution in [0.25, 0.3) is 0 Å². The van der Waals surface area contributed by atoms with Gasteiger partial charge >= 0.3 is 0 Å². The minimum atomic E-state index is 0. The fourth-order valence-corrected chi connectivity index (χ4v) is 2.16. The lowest BCUT2D eigenvalue weighted by molar-refractivity contribution is 0.134. The molecule has 0 fully saturated rings. The Bertz CT molecular complexity index is 600. The number of halogens is 1. The van der Waals surface area contributed by atoms with Gasteiger partial charge in [0.05, 0.1) is 6.61 Å². The number of aliphatic imine (C=N–C) groups is 1. The summed E-state index contributed by atoms with van der Waals surface area (Å²) in [5.74, 6) is 0.798. The van der Waals surface area contributed by atoms with Crippen LogP contribution in [0.1, 0.15) is 23.6 Å². The van der Waals surface area contributed by atoms with E-state index < -0.39 is 0 Å². The van der Waals surface area contributed by atoms with Crippen molar-refractivity contribution in [3.8, 4) is 0 Å². The van der Waals surface area contributed by atoms with Gasteiger partial charge in [0.1, 0.15) is 0 Å². The van der Waals surface area contributed by atoms with Crippen LogP contribution in [-0.4, -0.2) is 19.6 Å². The molecular formula is C19H26IN3O. The predicted octanol–water partition coefficient (Wildman–Crippen LogP) is 3.71. The summed E-state index contributed by atoms with van der Waals surface area (Å²) in [6, 6.07) is 18.7. The van der Waals surface area contributed by atoms with Gasteiger partial charge in [0.15, 0.2) is 5.96 Å². The van der Waals surface area contributed by atoms with E-state index in [0.29, 0.717) is 6.61 Å². The third kappa shape index (κ3) is 7.31. The maximum absolute atomic E-state index is 5.40. The molecule has 2 aromatic rings. The zero-order valence-corrected chi connectivity index (χ0v) is 16.6. The van der Waals surface area contributed by atoms with Crippen LogP contribution in [0.5, 0.6) is 0 Å². The molecule has 0 atom stereocenters. The molecule has 0 aromatic heterocycles. The summed E-state index contributed by atoms with van der Waals surface area (Å²) in [4.78, 5) is 4.25. The molecule has 0 aliphatic rings. The maximum Gasteiger partial charge on any atom is 0.191 e. The monoisotopic (exact) mass is 439 g/mol. The fourth-order valence-electron chi connectivity index (χ4n) is 2.16. The first-order chi connectivity index (χ1) is 11.3. The zero-order valence-electron chi connectivity index (χ0n) is 14.3. The Morgan fingerprint density at radius 2 is 1.42 bits per heavy atom. The third-order valence-corrected chi connectivity index (χ3v) is 3.48. The summed E-state index contributed by atoms with van der Waals surface area (Å²) in [6.45, 7) is 4.92.